The minimum absolute atomic E-state index is 0.00778. The zero-order valence-corrected chi connectivity index (χ0v) is 18.0. The Labute approximate surface area is 187 Å². The Kier molecular flexibility index (Phi) is 6.44. The van der Waals surface area contributed by atoms with E-state index >= 15 is 0 Å². The van der Waals surface area contributed by atoms with Crippen molar-refractivity contribution in [1.82, 2.24) is 10.6 Å². The molecule has 0 bridgehead atoms. The van der Waals surface area contributed by atoms with Crippen molar-refractivity contribution in [2.45, 2.75) is 25.7 Å². The summed E-state index contributed by atoms with van der Waals surface area (Å²) in [7, 11) is 0. The van der Waals surface area contributed by atoms with Gasteiger partial charge in [-0.3, -0.25) is 9.59 Å². The summed E-state index contributed by atoms with van der Waals surface area (Å²) in [5, 5.41) is 14.4. The number of carboxylic acids is 1. The van der Waals surface area contributed by atoms with Gasteiger partial charge in [-0.1, -0.05) is 55.5 Å². The largest absolute Gasteiger partial charge is 0.481 e. The van der Waals surface area contributed by atoms with Gasteiger partial charge in [-0.05, 0) is 40.5 Å². The molecule has 2 aromatic rings. The monoisotopic (exact) mass is 436 g/mol. The van der Waals surface area contributed by atoms with Crippen molar-refractivity contribution in [3.05, 3.63) is 59.7 Å². The molecule has 1 saturated carbocycles. The van der Waals surface area contributed by atoms with E-state index in [2.05, 4.69) is 34.9 Å². The van der Waals surface area contributed by atoms with Crippen LogP contribution in [0.5, 0.6) is 0 Å². The van der Waals surface area contributed by atoms with Crippen LogP contribution in [0.2, 0.25) is 0 Å². The zero-order chi connectivity index (χ0) is 22.7. The van der Waals surface area contributed by atoms with Gasteiger partial charge < -0.3 is 20.5 Å². The van der Waals surface area contributed by atoms with Gasteiger partial charge in [0.2, 0.25) is 5.91 Å². The molecule has 32 heavy (non-hydrogen) atoms. The fourth-order valence-electron chi connectivity index (χ4n) is 4.39. The number of fused-ring (bicyclic) bond motifs is 3. The van der Waals surface area contributed by atoms with E-state index < -0.39 is 12.1 Å². The Morgan fingerprint density at radius 1 is 1.03 bits per heavy atom. The first-order chi connectivity index (χ1) is 15.4. The molecule has 2 aromatic carbocycles. The molecule has 0 heterocycles. The first-order valence-electron chi connectivity index (χ1n) is 11.0. The summed E-state index contributed by atoms with van der Waals surface area (Å²) in [6, 6.07) is 16.3. The lowest BCUT2D eigenvalue weighted by Crippen LogP contribution is -2.33. The van der Waals surface area contributed by atoms with Gasteiger partial charge >= 0.3 is 12.1 Å². The van der Waals surface area contributed by atoms with Crippen LogP contribution in [0.15, 0.2) is 48.5 Å². The van der Waals surface area contributed by atoms with Gasteiger partial charge in [-0.25, -0.2) is 4.79 Å². The Hall–Kier alpha value is -3.35. The van der Waals surface area contributed by atoms with Crippen LogP contribution in [0.25, 0.3) is 11.1 Å². The molecular weight excluding hydrogens is 408 g/mol. The van der Waals surface area contributed by atoms with E-state index in [0.29, 0.717) is 19.5 Å². The number of carbonyl (C=O) groups excluding carboxylic acids is 2. The van der Waals surface area contributed by atoms with Crippen molar-refractivity contribution < 1.29 is 24.2 Å². The highest BCUT2D eigenvalue weighted by Crippen LogP contribution is 2.44. The van der Waals surface area contributed by atoms with Crippen LogP contribution in [-0.4, -0.2) is 42.8 Å². The Bertz CT molecular complexity index is 975. The van der Waals surface area contributed by atoms with Crippen LogP contribution in [-0.2, 0) is 14.3 Å². The molecular formula is C25H28N2O5. The number of rotatable bonds is 9. The third-order valence-corrected chi connectivity index (χ3v) is 6.27. The van der Waals surface area contributed by atoms with Gasteiger partial charge in [0.15, 0.2) is 0 Å². The van der Waals surface area contributed by atoms with Gasteiger partial charge in [-0.2, -0.15) is 0 Å². The summed E-state index contributed by atoms with van der Waals surface area (Å²) in [5.74, 6) is -1.29. The van der Waals surface area contributed by atoms with Gasteiger partial charge in [0.1, 0.15) is 6.61 Å². The third kappa shape index (κ3) is 4.93. The summed E-state index contributed by atoms with van der Waals surface area (Å²) in [4.78, 5) is 35.1. The number of aliphatic carboxylic acids is 1. The van der Waals surface area contributed by atoms with Crippen molar-refractivity contribution in [2.24, 2.45) is 17.8 Å². The smallest absolute Gasteiger partial charge is 0.407 e. The number of ether oxygens (including phenoxy) is 1. The number of amides is 2. The summed E-state index contributed by atoms with van der Waals surface area (Å²) < 4.78 is 5.51. The normalized spacial score (nSPS) is 19.4. The standard InChI is InChI=1S/C25H28N2O5/c1-15(10-23(28)26-13-16-11-21(16)24(29)30)12-27-25(31)32-14-22-19-8-4-2-6-17(19)18-7-3-5-9-20(18)22/h2-9,15-16,21-22H,10-14H2,1H3,(H,26,28)(H,27,31)(H,29,30)/t15?,16-,21-/m0/s1. The molecule has 7 heteroatoms. The van der Waals surface area contributed by atoms with Crippen molar-refractivity contribution in [1.29, 1.82) is 0 Å². The average Bonchev–Trinajstić information content (AvgIpc) is 3.51. The summed E-state index contributed by atoms with van der Waals surface area (Å²) in [6.07, 6.45) is 0.379. The Morgan fingerprint density at radius 3 is 2.25 bits per heavy atom. The van der Waals surface area contributed by atoms with Crippen molar-refractivity contribution >= 4 is 18.0 Å². The van der Waals surface area contributed by atoms with Gasteiger partial charge in [0.25, 0.3) is 0 Å². The number of benzene rings is 2. The molecule has 0 aliphatic heterocycles. The number of carbonyl (C=O) groups is 3. The highest BCUT2D eigenvalue weighted by molar-refractivity contribution is 5.79. The average molecular weight is 437 g/mol. The molecule has 1 unspecified atom stereocenters. The molecule has 2 amide bonds. The number of hydrogen-bond donors (Lipinski definition) is 3. The van der Waals surface area contributed by atoms with Crippen molar-refractivity contribution in [3.8, 4) is 11.1 Å². The maximum absolute atomic E-state index is 12.2. The van der Waals surface area contributed by atoms with E-state index in [0.717, 1.165) is 11.1 Å². The van der Waals surface area contributed by atoms with Crippen LogP contribution >= 0.6 is 0 Å². The molecule has 0 aromatic heterocycles. The lowest BCUT2D eigenvalue weighted by Gasteiger charge is -2.16. The molecule has 1 fully saturated rings. The van der Waals surface area contributed by atoms with Crippen LogP contribution < -0.4 is 10.6 Å². The van der Waals surface area contributed by atoms with E-state index in [1.165, 1.54) is 11.1 Å². The quantitative estimate of drug-likeness (QED) is 0.559. The molecule has 0 saturated heterocycles. The molecule has 4 rings (SSSR count). The number of alkyl carbamates (subject to hydrolysis) is 1. The molecule has 0 spiro atoms. The van der Waals surface area contributed by atoms with Crippen LogP contribution in [0.4, 0.5) is 4.79 Å². The molecule has 3 atom stereocenters. The first-order valence-corrected chi connectivity index (χ1v) is 11.0. The number of hydrogen-bond acceptors (Lipinski definition) is 4. The lowest BCUT2D eigenvalue weighted by atomic mass is 9.98. The zero-order valence-electron chi connectivity index (χ0n) is 18.0. The fraction of sp³-hybridized carbons (Fsp3) is 0.400. The maximum Gasteiger partial charge on any atom is 0.407 e. The number of nitrogens with one attached hydrogen (secondary N) is 2. The predicted octanol–water partition coefficient (Wildman–Crippen LogP) is 3.39. The van der Waals surface area contributed by atoms with E-state index in [9.17, 15) is 14.4 Å². The van der Waals surface area contributed by atoms with E-state index in [1.807, 2.05) is 31.2 Å². The molecule has 2 aliphatic rings. The molecule has 0 radical (unpaired) electrons. The first kappa shape index (κ1) is 21.9. The minimum Gasteiger partial charge on any atom is -0.481 e. The van der Waals surface area contributed by atoms with Crippen molar-refractivity contribution in [2.75, 3.05) is 19.7 Å². The fourth-order valence-corrected chi connectivity index (χ4v) is 4.39. The Morgan fingerprint density at radius 2 is 1.66 bits per heavy atom. The SMILES string of the molecule is CC(CNC(=O)OCC1c2ccccc2-c2ccccc21)CC(=O)NC[C@@H]1C[C@@H]1C(=O)O. The second kappa shape index (κ2) is 9.42. The maximum atomic E-state index is 12.2. The molecule has 2 aliphatic carbocycles. The van der Waals surface area contributed by atoms with Gasteiger partial charge in [0, 0.05) is 25.4 Å². The van der Waals surface area contributed by atoms with Crippen LogP contribution in [0.3, 0.4) is 0 Å². The topological polar surface area (TPSA) is 105 Å². The molecule has 3 N–H and O–H groups in total. The Balaban J connectivity index is 1.19. The van der Waals surface area contributed by atoms with E-state index in [4.69, 9.17) is 9.84 Å². The van der Waals surface area contributed by atoms with E-state index in [-0.39, 0.29) is 42.6 Å². The summed E-state index contributed by atoms with van der Waals surface area (Å²) in [5.41, 5.74) is 4.68. The summed E-state index contributed by atoms with van der Waals surface area (Å²) in [6.45, 7) is 2.84. The minimum atomic E-state index is -0.801. The van der Waals surface area contributed by atoms with Crippen LogP contribution in [0, 0.1) is 17.8 Å². The number of carboxylic acid groups (broad SMARTS) is 1. The molecule has 7 nitrogen and oxygen atoms in total. The lowest BCUT2D eigenvalue weighted by molar-refractivity contribution is -0.139. The predicted molar refractivity (Wildman–Crippen MR) is 119 cm³/mol. The molecule has 168 valence electrons. The third-order valence-electron chi connectivity index (χ3n) is 6.27. The highest BCUT2D eigenvalue weighted by atomic mass is 16.5. The van der Waals surface area contributed by atoms with Gasteiger partial charge in [0.05, 0.1) is 5.92 Å². The van der Waals surface area contributed by atoms with E-state index in [1.54, 1.807) is 0 Å². The summed E-state index contributed by atoms with van der Waals surface area (Å²) >= 11 is 0. The van der Waals surface area contributed by atoms with Crippen LogP contribution in [0.1, 0.15) is 36.8 Å². The second-order valence-electron chi connectivity index (χ2n) is 8.76. The second-order valence-corrected chi connectivity index (χ2v) is 8.76. The van der Waals surface area contributed by atoms with Gasteiger partial charge in [-0.15, -0.1) is 0 Å². The van der Waals surface area contributed by atoms with Crippen molar-refractivity contribution in [3.63, 3.8) is 0 Å². The highest BCUT2D eigenvalue weighted by Gasteiger charge is 2.43.